The highest BCUT2D eigenvalue weighted by molar-refractivity contribution is 6.40. The molecule has 0 spiro atoms. The molecule has 0 aromatic carbocycles. The summed E-state index contributed by atoms with van der Waals surface area (Å²) in [7, 11) is 0. The number of halogens is 4. The molecule has 8 heteroatoms. The highest BCUT2D eigenvalue weighted by atomic mass is 35.5. The number of nitrogens with one attached hydrogen (secondary N) is 2. The smallest absolute Gasteiger partial charge is 0.0904 e. The lowest BCUT2D eigenvalue weighted by Crippen LogP contribution is -2.19. The Morgan fingerprint density at radius 1 is 0.346 bits per heavy atom. The van der Waals surface area contributed by atoms with Gasteiger partial charge in [0, 0.05) is 47.3 Å². The number of rotatable bonds is 0. The molecule has 17 rings (SSSR count). The fraction of sp³-hybridized carbons (Fsp3) is 0.364. The second-order valence-corrected chi connectivity index (χ2v) is 18.1. The molecule has 4 nitrogen and oxygen atoms in total. The van der Waals surface area contributed by atoms with Gasteiger partial charge in [-0.05, 0) is 95.9 Å². The molecule has 14 aliphatic rings. The van der Waals surface area contributed by atoms with Gasteiger partial charge in [-0.3, -0.25) is 0 Å². The zero-order valence-corrected chi connectivity index (χ0v) is 31.3. The van der Waals surface area contributed by atoms with Crippen molar-refractivity contribution >= 4 is 90.8 Å². The number of fused-ring (bicyclic) bond motifs is 12. The lowest BCUT2D eigenvalue weighted by molar-refractivity contribution is 0.558. The maximum Gasteiger partial charge on any atom is 0.0904 e. The van der Waals surface area contributed by atoms with E-state index < -0.39 is 0 Å². The van der Waals surface area contributed by atoms with E-state index >= 15 is 0 Å². The topological polar surface area (TPSA) is 57.4 Å². The average Bonchev–Trinajstić information content (AvgIpc) is 4.01. The van der Waals surface area contributed by atoms with E-state index in [2.05, 4.69) is 58.6 Å². The third-order valence-electron chi connectivity index (χ3n) is 14.3. The predicted octanol–water partition coefficient (Wildman–Crippen LogP) is 13.0. The van der Waals surface area contributed by atoms with Gasteiger partial charge in [-0.2, -0.15) is 0 Å². The third kappa shape index (κ3) is 3.60. The Morgan fingerprint density at radius 2 is 0.558 bits per heavy atom. The monoisotopic (exact) mass is 758 g/mol. The van der Waals surface area contributed by atoms with Gasteiger partial charge in [-0.15, -0.1) is 0 Å². The summed E-state index contributed by atoms with van der Waals surface area (Å²) in [5.41, 5.74) is 17.2. The normalized spacial score (nSPS) is 31.9. The van der Waals surface area contributed by atoms with Crippen LogP contribution >= 0.6 is 46.4 Å². The number of aromatic nitrogens is 4. The van der Waals surface area contributed by atoms with Crippen LogP contribution in [0.3, 0.4) is 0 Å². The van der Waals surface area contributed by atoms with Crippen molar-refractivity contribution in [3.63, 3.8) is 0 Å². The summed E-state index contributed by atoms with van der Waals surface area (Å²) >= 11 is 31.0. The van der Waals surface area contributed by atoms with Crippen LogP contribution in [0, 0.1) is 23.7 Å². The lowest BCUT2D eigenvalue weighted by atomic mass is 9.70. The minimum absolute atomic E-state index is 0.254. The Balaban J connectivity index is 1.26. The van der Waals surface area contributed by atoms with Crippen molar-refractivity contribution < 1.29 is 0 Å². The van der Waals surface area contributed by atoms with Crippen LogP contribution in [0.25, 0.3) is 44.4 Å². The van der Waals surface area contributed by atoms with Crippen molar-refractivity contribution in [1.82, 2.24) is 19.9 Å². The summed E-state index contributed by atoms with van der Waals surface area (Å²) in [5.74, 6) is 2.08. The SMILES string of the molecule is Clc1c2nc(c(Cl)c3[nH]c(c(Cl)c4nc(c(Cl)c5[nH]c1c1c5C5C=CC1CC5)C1=C4C4C=CC1CC4)c1c3C3C=CC1CC3)C1=C2C2C=CC1CC2. The Hall–Kier alpha value is -3.28. The van der Waals surface area contributed by atoms with Crippen molar-refractivity contribution in [1.29, 1.82) is 0 Å². The van der Waals surface area contributed by atoms with Crippen LogP contribution in [-0.4, -0.2) is 19.9 Å². The van der Waals surface area contributed by atoms with Crippen LogP contribution in [0.2, 0.25) is 20.1 Å². The molecule has 8 unspecified atom stereocenters. The minimum atomic E-state index is 0.254. The Morgan fingerprint density at radius 3 is 0.769 bits per heavy atom. The molecule has 2 aliphatic heterocycles. The molecule has 0 saturated carbocycles. The number of hydrogen-bond donors (Lipinski definition) is 2. The van der Waals surface area contributed by atoms with Crippen molar-refractivity contribution in [2.24, 2.45) is 23.7 Å². The van der Waals surface area contributed by atoms with E-state index in [-0.39, 0.29) is 47.3 Å². The summed E-state index contributed by atoms with van der Waals surface area (Å²) in [6, 6.07) is 0. The molecule has 5 heterocycles. The zero-order chi connectivity index (χ0) is 34.3. The van der Waals surface area contributed by atoms with E-state index in [1.54, 1.807) is 0 Å². The van der Waals surface area contributed by atoms with Crippen LogP contribution in [0.15, 0.2) is 48.6 Å². The third-order valence-corrected chi connectivity index (χ3v) is 15.8. The lowest BCUT2D eigenvalue weighted by Gasteiger charge is -2.33. The van der Waals surface area contributed by atoms with Gasteiger partial charge in [0.25, 0.3) is 0 Å². The summed E-state index contributed by atoms with van der Waals surface area (Å²) in [4.78, 5) is 18.7. The Labute approximate surface area is 321 Å². The number of H-pyrrole nitrogens is 2. The first-order valence-corrected chi connectivity index (χ1v) is 20.7. The molecular weight excluding hydrogens is 726 g/mol. The van der Waals surface area contributed by atoms with Crippen molar-refractivity contribution in [2.45, 2.75) is 75.0 Å². The minimum Gasteiger partial charge on any atom is -0.352 e. The molecule has 8 atom stereocenters. The highest BCUT2D eigenvalue weighted by Crippen LogP contribution is 2.60. The van der Waals surface area contributed by atoms with E-state index in [0.717, 1.165) is 96.2 Å². The molecule has 12 aliphatic carbocycles. The second-order valence-electron chi connectivity index (χ2n) is 16.6. The molecule has 0 saturated heterocycles. The van der Waals surface area contributed by atoms with E-state index in [1.165, 1.54) is 44.5 Å². The standard InChI is InChI=1S/C44H34Cl4N4/c45-33-37-25-17-1-2-18(4-3-17)26(25)38(49-37)34(46)40-29-21-9-11-22(12-10-21)30(29)42(51-40)36(48)44-32-24-15-13-23(14-16-24)31(32)43(52-44)35(47)41-28-20-7-5-19(6-8-20)27(28)39(33)50-41/h1-2,5,7,9,11,13,15,17-24,49,52H,3-4,6,8,10,12,14,16H2. The molecule has 16 bridgehead atoms. The van der Waals surface area contributed by atoms with Crippen LogP contribution in [-0.2, 0) is 0 Å². The van der Waals surface area contributed by atoms with Crippen molar-refractivity contribution in [3.8, 4) is 0 Å². The molecule has 52 heavy (non-hydrogen) atoms. The average molecular weight is 761 g/mol. The predicted molar refractivity (Wildman–Crippen MR) is 213 cm³/mol. The maximum absolute atomic E-state index is 7.76. The van der Waals surface area contributed by atoms with Crippen molar-refractivity contribution in [2.75, 3.05) is 0 Å². The molecule has 0 amide bonds. The Bertz CT molecular complexity index is 2300. The van der Waals surface area contributed by atoms with Crippen LogP contribution < -0.4 is 0 Å². The van der Waals surface area contributed by atoms with E-state index in [0.29, 0.717) is 20.1 Å². The fourth-order valence-corrected chi connectivity index (χ4v) is 13.3. The summed E-state index contributed by atoms with van der Waals surface area (Å²) in [6.45, 7) is 0. The Kier molecular flexibility index (Phi) is 5.94. The first-order valence-electron chi connectivity index (χ1n) is 19.2. The van der Waals surface area contributed by atoms with E-state index in [9.17, 15) is 0 Å². The quantitative estimate of drug-likeness (QED) is 0.224. The van der Waals surface area contributed by atoms with Gasteiger partial charge >= 0.3 is 0 Å². The zero-order valence-electron chi connectivity index (χ0n) is 28.3. The van der Waals surface area contributed by atoms with Crippen LogP contribution in [0.1, 0.15) is 120 Å². The van der Waals surface area contributed by atoms with Gasteiger partial charge in [0.15, 0.2) is 0 Å². The fourth-order valence-electron chi connectivity index (χ4n) is 12.1. The largest absolute Gasteiger partial charge is 0.352 e. The molecular formula is C44H34Cl4N4. The maximum atomic E-state index is 7.76. The molecule has 258 valence electrons. The first kappa shape index (κ1) is 30.1. The molecule has 0 radical (unpaired) electrons. The van der Waals surface area contributed by atoms with Gasteiger partial charge in [0.1, 0.15) is 0 Å². The van der Waals surface area contributed by atoms with Gasteiger partial charge in [0.05, 0.1) is 64.9 Å². The van der Waals surface area contributed by atoms with Crippen LogP contribution in [0.5, 0.6) is 0 Å². The molecule has 2 N–H and O–H groups in total. The number of allylic oxidation sites excluding steroid dienone is 12. The highest BCUT2D eigenvalue weighted by Gasteiger charge is 2.44. The van der Waals surface area contributed by atoms with Gasteiger partial charge in [-0.25, -0.2) is 9.97 Å². The van der Waals surface area contributed by atoms with Gasteiger partial charge in [-0.1, -0.05) is 95.0 Å². The number of hydrogen-bond acceptors (Lipinski definition) is 2. The summed E-state index contributed by atoms with van der Waals surface area (Å²) in [5, 5.41) is 2.67. The molecule has 0 fully saturated rings. The molecule has 3 aromatic heterocycles. The molecule has 3 aromatic rings. The van der Waals surface area contributed by atoms with Crippen molar-refractivity contribution in [3.05, 3.63) is 114 Å². The van der Waals surface area contributed by atoms with Crippen LogP contribution in [0.4, 0.5) is 0 Å². The van der Waals surface area contributed by atoms with E-state index in [4.69, 9.17) is 56.4 Å². The summed E-state index contributed by atoms with van der Waals surface area (Å²) in [6.07, 6.45) is 27.7. The van der Waals surface area contributed by atoms with E-state index in [1.807, 2.05) is 0 Å². The van der Waals surface area contributed by atoms with Gasteiger partial charge < -0.3 is 9.97 Å². The second kappa shape index (κ2) is 10.3. The van der Waals surface area contributed by atoms with Gasteiger partial charge in [0.2, 0.25) is 0 Å². The first-order chi connectivity index (χ1) is 25.4. The number of aromatic amines is 2. The number of nitrogens with zero attached hydrogens (tertiary/aromatic N) is 2. The summed E-state index contributed by atoms with van der Waals surface area (Å²) < 4.78 is 0.